The minimum Gasteiger partial charge on any atom is -0.0588 e. The molecule has 0 fully saturated rings. The Morgan fingerprint density at radius 3 is 2.33 bits per heavy atom. The van der Waals surface area contributed by atoms with Crippen molar-refractivity contribution >= 4 is 0 Å². The van der Waals surface area contributed by atoms with E-state index in [2.05, 4.69) is 39.8 Å². The summed E-state index contributed by atoms with van der Waals surface area (Å²) in [7, 11) is 0. The zero-order valence-corrected chi connectivity index (χ0v) is 10.4. The minimum absolute atomic E-state index is 1.08. The lowest BCUT2D eigenvalue weighted by Gasteiger charge is -2.10. The molecule has 0 bridgehead atoms. The maximum absolute atomic E-state index is 3.87. The third-order valence-corrected chi connectivity index (χ3v) is 3.37. The Bertz CT molecular complexity index is 310. The minimum atomic E-state index is 1.08. The van der Waals surface area contributed by atoms with Gasteiger partial charge in [-0.05, 0) is 55.9 Å². The highest BCUT2D eigenvalue weighted by Gasteiger charge is 2.02. The Balaban J connectivity index is 2.58. The smallest absolute Gasteiger partial charge is 0.0276 e. The van der Waals surface area contributed by atoms with Gasteiger partial charge in [0.05, 0.1) is 0 Å². The Hall–Kier alpha value is -0.780. The van der Waals surface area contributed by atoms with Gasteiger partial charge in [-0.15, -0.1) is 0 Å². The molecule has 83 valence electrons. The molecule has 1 aromatic rings. The Kier molecular flexibility index (Phi) is 4.87. The molecular weight excluding hydrogens is 180 g/mol. The molecule has 1 rings (SSSR count). The van der Waals surface area contributed by atoms with E-state index in [1.165, 1.54) is 47.9 Å². The van der Waals surface area contributed by atoms with E-state index in [0.717, 1.165) is 6.42 Å². The summed E-state index contributed by atoms with van der Waals surface area (Å²) in [5.74, 6) is 0. The van der Waals surface area contributed by atoms with Crippen LogP contribution in [0.5, 0.6) is 0 Å². The third-order valence-electron chi connectivity index (χ3n) is 3.37. The Morgan fingerprint density at radius 2 is 1.67 bits per heavy atom. The van der Waals surface area contributed by atoms with Crippen molar-refractivity contribution in [3.8, 4) is 0 Å². The zero-order chi connectivity index (χ0) is 11.3. The van der Waals surface area contributed by atoms with Crippen LogP contribution in [0.25, 0.3) is 0 Å². The summed E-state index contributed by atoms with van der Waals surface area (Å²) < 4.78 is 0. The van der Waals surface area contributed by atoms with Gasteiger partial charge in [0.15, 0.2) is 0 Å². The molecule has 0 heteroatoms. The molecule has 0 saturated heterocycles. The Morgan fingerprint density at radius 1 is 0.933 bits per heavy atom. The monoisotopic (exact) mass is 203 g/mol. The predicted molar refractivity (Wildman–Crippen MR) is 68.2 cm³/mol. The molecule has 0 aliphatic heterocycles. The Labute approximate surface area is 94.7 Å². The molecule has 1 aromatic carbocycles. The van der Waals surface area contributed by atoms with Crippen LogP contribution in [0, 0.1) is 27.7 Å². The number of hydrogen-bond acceptors (Lipinski definition) is 0. The lowest BCUT2D eigenvalue weighted by atomic mass is 9.95. The van der Waals surface area contributed by atoms with Crippen molar-refractivity contribution in [2.45, 2.75) is 52.9 Å². The maximum atomic E-state index is 3.87. The molecule has 0 aliphatic rings. The zero-order valence-electron chi connectivity index (χ0n) is 10.4. The second-order valence-electron chi connectivity index (χ2n) is 4.46. The molecule has 0 unspecified atom stereocenters. The molecule has 15 heavy (non-hydrogen) atoms. The first-order valence-electron chi connectivity index (χ1n) is 6.01. The molecule has 0 nitrogen and oxygen atoms in total. The normalized spacial score (nSPS) is 10.7. The summed E-state index contributed by atoms with van der Waals surface area (Å²) in [5.41, 5.74) is 5.89. The van der Waals surface area contributed by atoms with Gasteiger partial charge < -0.3 is 0 Å². The van der Waals surface area contributed by atoms with Gasteiger partial charge in [-0.3, -0.25) is 0 Å². The second-order valence-corrected chi connectivity index (χ2v) is 4.46. The molecule has 0 saturated carbocycles. The average Bonchev–Trinajstić information content (AvgIpc) is 2.24. The second kappa shape index (κ2) is 5.95. The van der Waals surface area contributed by atoms with Crippen LogP contribution in [0.2, 0.25) is 0 Å². The predicted octanol–water partition coefficient (Wildman–Crippen LogP) is 4.55. The quantitative estimate of drug-likeness (QED) is 0.616. The molecule has 0 spiro atoms. The van der Waals surface area contributed by atoms with Gasteiger partial charge in [-0.25, -0.2) is 0 Å². The van der Waals surface area contributed by atoms with Gasteiger partial charge in [0.1, 0.15) is 0 Å². The van der Waals surface area contributed by atoms with Crippen LogP contribution in [0.3, 0.4) is 0 Å². The number of unbranched alkanes of at least 4 members (excludes halogenated alkanes) is 3. The van der Waals surface area contributed by atoms with Crippen molar-refractivity contribution in [3.63, 3.8) is 0 Å². The van der Waals surface area contributed by atoms with Crippen molar-refractivity contribution in [2.75, 3.05) is 0 Å². The highest BCUT2D eigenvalue weighted by atomic mass is 14.1. The van der Waals surface area contributed by atoms with Crippen LogP contribution in [0.4, 0.5) is 0 Å². The molecule has 0 aliphatic carbocycles. The van der Waals surface area contributed by atoms with Crippen molar-refractivity contribution in [1.82, 2.24) is 0 Å². The third kappa shape index (κ3) is 3.37. The number of rotatable bonds is 5. The van der Waals surface area contributed by atoms with Gasteiger partial charge in [-0.2, -0.15) is 0 Å². The van der Waals surface area contributed by atoms with E-state index in [0.29, 0.717) is 0 Å². The van der Waals surface area contributed by atoms with Gasteiger partial charge >= 0.3 is 0 Å². The van der Waals surface area contributed by atoms with Crippen molar-refractivity contribution in [3.05, 3.63) is 41.3 Å². The van der Waals surface area contributed by atoms with Crippen molar-refractivity contribution in [2.24, 2.45) is 0 Å². The van der Waals surface area contributed by atoms with Gasteiger partial charge in [0.25, 0.3) is 0 Å². The molecule has 0 aromatic heterocycles. The number of benzene rings is 1. The first-order valence-corrected chi connectivity index (χ1v) is 6.01. The molecule has 0 atom stereocenters. The summed E-state index contributed by atoms with van der Waals surface area (Å²) in [6.45, 7) is 10.5. The van der Waals surface area contributed by atoms with Gasteiger partial charge in [-0.1, -0.05) is 38.3 Å². The molecular formula is C15H23. The molecule has 1 radical (unpaired) electrons. The van der Waals surface area contributed by atoms with Crippen LogP contribution in [-0.2, 0) is 6.42 Å². The first-order chi connectivity index (χ1) is 7.16. The largest absolute Gasteiger partial charge is 0.0588 e. The van der Waals surface area contributed by atoms with E-state index in [4.69, 9.17) is 0 Å². The fourth-order valence-corrected chi connectivity index (χ4v) is 1.95. The van der Waals surface area contributed by atoms with E-state index in [1.807, 2.05) is 0 Å². The van der Waals surface area contributed by atoms with E-state index >= 15 is 0 Å². The summed E-state index contributed by atoms with van der Waals surface area (Å²) in [5, 5.41) is 0. The summed E-state index contributed by atoms with van der Waals surface area (Å²) in [6, 6.07) is 4.54. The van der Waals surface area contributed by atoms with Gasteiger partial charge in [0.2, 0.25) is 0 Å². The standard InChI is InChI=1S/C15H23/c1-5-6-7-8-9-15-11-10-12(2)13(3)14(15)4/h10-11H,1,5-9H2,2-4H3. The molecule has 0 heterocycles. The lowest BCUT2D eigenvalue weighted by molar-refractivity contribution is 0.684. The first kappa shape index (κ1) is 12.3. The van der Waals surface area contributed by atoms with Crippen LogP contribution in [0.1, 0.15) is 47.9 Å². The van der Waals surface area contributed by atoms with E-state index in [1.54, 1.807) is 0 Å². The number of aryl methyl sites for hydroxylation is 2. The van der Waals surface area contributed by atoms with Crippen molar-refractivity contribution in [1.29, 1.82) is 0 Å². The van der Waals surface area contributed by atoms with Gasteiger partial charge in [0, 0.05) is 0 Å². The summed E-state index contributed by atoms with van der Waals surface area (Å²) >= 11 is 0. The highest BCUT2D eigenvalue weighted by molar-refractivity contribution is 5.38. The van der Waals surface area contributed by atoms with E-state index in [9.17, 15) is 0 Å². The van der Waals surface area contributed by atoms with Crippen molar-refractivity contribution < 1.29 is 0 Å². The highest BCUT2D eigenvalue weighted by Crippen LogP contribution is 2.19. The van der Waals surface area contributed by atoms with E-state index in [-0.39, 0.29) is 0 Å². The molecule has 0 amide bonds. The lowest BCUT2D eigenvalue weighted by Crippen LogP contribution is -1.95. The number of hydrogen-bond donors (Lipinski definition) is 0. The fraction of sp³-hybridized carbons (Fsp3) is 0.533. The van der Waals surface area contributed by atoms with Crippen LogP contribution in [-0.4, -0.2) is 0 Å². The maximum Gasteiger partial charge on any atom is -0.0276 e. The topological polar surface area (TPSA) is 0 Å². The fourth-order valence-electron chi connectivity index (χ4n) is 1.95. The average molecular weight is 203 g/mol. The van der Waals surface area contributed by atoms with E-state index < -0.39 is 0 Å². The van der Waals surface area contributed by atoms with Crippen LogP contribution >= 0.6 is 0 Å². The SMILES string of the molecule is [CH2]CCCCCc1ccc(C)c(C)c1C. The molecule has 0 N–H and O–H groups in total. The summed E-state index contributed by atoms with van der Waals surface area (Å²) in [4.78, 5) is 0. The van der Waals surface area contributed by atoms with Crippen LogP contribution < -0.4 is 0 Å². The summed E-state index contributed by atoms with van der Waals surface area (Å²) in [6.07, 6.45) is 6.19. The van der Waals surface area contributed by atoms with Crippen LogP contribution in [0.15, 0.2) is 12.1 Å².